The number of nitrogens with one attached hydrogen (secondary N) is 2. The van der Waals surface area contributed by atoms with E-state index in [9.17, 15) is 15.3 Å². The van der Waals surface area contributed by atoms with Crippen LogP contribution in [0.15, 0.2) is 172 Å². The fraction of sp³-hybridized carbons (Fsp3) is 0.356. The number of hydrogen-bond donors (Lipinski definition) is 7. The van der Waals surface area contributed by atoms with Crippen molar-refractivity contribution in [3.63, 3.8) is 0 Å². The van der Waals surface area contributed by atoms with Crippen molar-refractivity contribution >= 4 is 62.1 Å². The van der Waals surface area contributed by atoms with Gasteiger partial charge in [-0.3, -0.25) is 4.79 Å². The SMILES string of the molecule is COc1c2c(c3oc(-c4ccc(O)cc4)cc(=O)c3c1OCC[C@@H](O)/C=C/c1ccccc1)CCc1cccc(c1)-c1cc3[nH]c1N1CCNC[C@H]1[C@@]1(C[C@]45C[C@H]6CCc7cccc8cc9ccc(c4c9c6c78)C=C[C@@H]5[C@@H]1C#C[C@H]1CC[C@@H]4CC[C@H]1[C@]34C)c1ccc(c(N=C(N)N)c1)C[C@H](CO)CO2. The van der Waals surface area contributed by atoms with Gasteiger partial charge in [0.2, 0.25) is 5.75 Å². The maximum absolute atomic E-state index is 15.2. The number of anilines is 1. The number of phenols is 1. The van der Waals surface area contributed by atoms with Crippen LogP contribution < -0.4 is 41.3 Å². The van der Waals surface area contributed by atoms with Crippen LogP contribution in [-0.2, 0) is 41.9 Å². The lowest BCUT2D eigenvalue weighted by atomic mass is 9.55. The summed E-state index contributed by atoms with van der Waals surface area (Å²) in [7, 11) is 1.54. The molecule has 20 rings (SSSR count). The molecule has 12 atom stereocenters. The molecule has 0 amide bonds. The van der Waals surface area contributed by atoms with E-state index in [4.69, 9.17) is 35.1 Å². The first-order valence-corrected chi connectivity index (χ1v) is 37.8. The predicted octanol–water partition coefficient (Wildman–Crippen LogP) is 15.0. The average Bonchev–Trinajstić information content (AvgIpc) is 1.45. The second-order valence-corrected chi connectivity index (χ2v) is 31.6. The number of aromatic nitrogens is 1. The van der Waals surface area contributed by atoms with E-state index in [1.165, 1.54) is 69.1 Å². The minimum absolute atomic E-state index is 0.00527. The highest BCUT2D eigenvalue weighted by molar-refractivity contribution is 6.08. The average molecular weight is 1380 g/mol. The van der Waals surface area contributed by atoms with Gasteiger partial charge in [0.15, 0.2) is 22.9 Å². The number of rotatable bonds is 10. The number of ether oxygens (including phenoxy) is 3. The Balaban J connectivity index is 0.828. The molecule has 9 N–H and O–H groups in total. The number of hydrogen-bond acceptors (Lipinski definition) is 11. The Hall–Kier alpha value is -10.0. The number of aliphatic hydroxyl groups excluding tert-OH is 2. The van der Waals surface area contributed by atoms with Gasteiger partial charge in [-0.1, -0.05) is 140 Å². The van der Waals surface area contributed by atoms with Crippen molar-refractivity contribution in [2.45, 2.75) is 118 Å². The van der Waals surface area contributed by atoms with E-state index in [-0.39, 0.29) is 106 Å². The Morgan fingerprint density at radius 1 is 0.846 bits per heavy atom. The van der Waals surface area contributed by atoms with Gasteiger partial charge in [0, 0.05) is 101 Å². The molecule has 14 nitrogen and oxygen atoms in total. The van der Waals surface area contributed by atoms with Gasteiger partial charge in [0.25, 0.3) is 0 Å². The third-order valence-electron chi connectivity index (χ3n) is 26.4. The lowest BCUT2D eigenvalue weighted by Crippen LogP contribution is -2.62. The Morgan fingerprint density at radius 3 is 2.56 bits per heavy atom. The van der Waals surface area contributed by atoms with Crippen molar-refractivity contribution < 1.29 is 33.9 Å². The largest absolute Gasteiger partial charge is 0.508 e. The summed E-state index contributed by atoms with van der Waals surface area (Å²) < 4.78 is 27.4. The summed E-state index contributed by atoms with van der Waals surface area (Å²) >= 11 is 0. The number of H-pyrrole nitrogens is 1. The number of methoxy groups -OCH3 is 1. The number of aliphatic hydroxyl groups is 2. The van der Waals surface area contributed by atoms with Gasteiger partial charge in [-0.2, -0.15) is 0 Å². The van der Waals surface area contributed by atoms with E-state index in [1.54, 1.807) is 35.9 Å². The summed E-state index contributed by atoms with van der Waals surface area (Å²) in [5.41, 5.74) is 27.3. The third kappa shape index (κ3) is 10.1. The fourth-order valence-corrected chi connectivity index (χ4v) is 21.8. The first kappa shape index (κ1) is 64.8. The van der Waals surface area contributed by atoms with Crippen molar-refractivity contribution in [2.24, 2.45) is 52.0 Å². The number of fused-ring (bicyclic) bond motifs is 9. The normalized spacial score (nSPS) is 26.9. The number of nitrogens with zero attached hydrogens (tertiary/aromatic N) is 2. The number of aryl methyl sites for hydroxylation is 3. The number of guanidine groups is 1. The van der Waals surface area contributed by atoms with Crippen LogP contribution >= 0.6 is 0 Å². The lowest BCUT2D eigenvalue weighted by Gasteiger charge is -2.51. The van der Waals surface area contributed by atoms with Crippen LogP contribution in [0.2, 0.25) is 0 Å². The Kier molecular flexibility index (Phi) is 15.6. The van der Waals surface area contributed by atoms with Crippen molar-refractivity contribution in [2.75, 3.05) is 51.5 Å². The van der Waals surface area contributed by atoms with Gasteiger partial charge in [0.1, 0.15) is 28.3 Å². The zero-order valence-corrected chi connectivity index (χ0v) is 59.0. The number of aromatic hydroxyl groups is 1. The standard InChI is InChI=1S/C90H88N6O8/c1-88-63-26-20-54(69(88)35-28-63)24-34-71-70-33-25-57-17-18-61-42-60-13-7-11-56-16-19-62-46-89(70,81(57)79(61)78(62)77(56)60)50-90(71)64-27-21-59(72(43-64)94-87(91)92)41-53(48-97)49-103-83-67(32-15-52-10-6-12-58(40-52)68-44-75(88)95-86(68)96-38-37-93-47-76(90)96)82-80(73(100)45-74(104-82)55-22-30-65(98)31-23-55)84(85(83)101-2)102-39-36-66(99)29-14-51-8-4-3-5-9-51/h3-14,17-18,21-23,25,27,29-31,33,40,42-45,53-54,62-63,66,69-71,76,93,95,97-99H,15-16,19-20,26,28,32,35-39,41,46-50H2,1-2H3,(H4,91,92,94)/b29-14+/t53-,54-,62-,63-,66+,69-,70-,71+,76+,88-,89+,90+/m1/s1. The maximum Gasteiger partial charge on any atom is 0.204 e. The smallest absolute Gasteiger partial charge is 0.204 e. The molecule has 104 heavy (non-hydrogen) atoms. The second kappa shape index (κ2) is 25.1. The van der Waals surface area contributed by atoms with E-state index in [0.29, 0.717) is 66.1 Å². The Bertz CT molecular complexity index is 5370. The number of allylic oxidation sites excluding steroid dienone is 1. The van der Waals surface area contributed by atoms with Crippen molar-refractivity contribution in [1.29, 1.82) is 0 Å². The van der Waals surface area contributed by atoms with E-state index in [0.717, 1.165) is 91.7 Å². The quantitative estimate of drug-likeness (QED) is 0.0295. The molecule has 526 valence electrons. The molecule has 0 unspecified atom stereocenters. The first-order valence-electron chi connectivity index (χ1n) is 37.8. The molecule has 8 aromatic carbocycles. The summed E-state index contributed by atoms with van der Waals surface area (Å²) in [5, 5.41) is 43.5. The zero-order chi connectivity index (χ0) is 70.3. The number of nitrogens with two attached hydrogens (primary N) is 2. The Labute approximate surface area is 605 Å². The predicted molar refractivity (Wildman–Crippen MR) is 412 cm³/mol. The highest BCUT2D eigenvalue weighted by Crippen LogP contribution is 2.71. The van der Waals surface area contributed by atoms with Gasteiger partial charge in [-0.05, 0) is 202 Å². The van der Waals surface area contributed by atoms with Crippen LogP contribution in [0.1, 0.15) is 120 Å². The number of phenolic OH excluding ortho intramolecular Hbond substituents is 1. The molecule has 1 saturated heterocycles. The molecule has 6 aliphatic carbocycles. The first-order chi connectivity index (χ1) is 50.8. The monoisotopic (exact) mass is 1380 g/mol. The number of aromatic amines is 1. The lowest BCUT2D eigenvalue weighted by molar-refractivity contribution is 0.152. The van der Waals surface area contributed by atoms with E-state index in [2.05, 4.69) is 131 Å². The van der Waals surface area contributed by atoms with E-state index in [1.807, 2.05) is 36.4 Å². The van der Waals surface area contributed by atoms with Crippen molar-refractivity contribution in [3.8, 4) is 57.3 Å². The molecule has 14 heteroatoms. The third-order valence-corrected chi connectivity index (χ3v) is 26.4. The molecule has 4 aliphatic heterocycles. The minimum Gasteiger partial charge on any atom is -0.508 e. The summed E-state index contributed by atoms with van der Waals surface area (Å²) in [5.74, 6) is 11.6. The van der Waals surface area contributed by atoms with Crippen molar-refractivity contribution in [1.82, 2.24) is 10.3 Å². The van der Waals surface area contributed by atoms with Gasteiger partial charge >= 0.3 is 0 Å². The number of piperazine rings is 1. The molecule has 6 heterocycles. The molecular formula is C90H88N6O8. The van der Waals surface area contributed by atoms with E-state index >= 15 is 4.79 Å². The fourth-order valence-electron chi connectivity index (χ4n) is 21.8. The van der Waals surface area contributed by atoms with Crippen molar-refractivity contribution in [3.05, 3.63) is 224 Å². The Morgan fingerprint density at radius 2 is 1.70 bits per heavy atom. The van der Waals surface area contributed by atoms with Crippen LogP contribution in [0.5, 0.6) is 23.0 Å². The molecule has 2 spiro atoms. The summed E-state index contributed by atoms with van der Waals surface area (Å²) in [4.78, 5) is 27.5. The van der Waals surface area contributed by atoms with Gasteiger partial charge in [-0.25, -0.2) is 4.99 Å². The summed E-state index contributed by atoms with van der Waals surface area (Å²) in [6, 6.07) is 50.4. The molecule has 3 saturated carbocycles. The molecule has 0 radical (unpaired) electrons. The second-order valence-electron chi connectivity index (χ2n) is 31.6. The molecule has 10 aromatic rings. The van der Waals surface area contributed by atoms with Crippen LogP contribution in [-0.4, -0.2) is 85.0 Å². The van der Waals surface area contributed by atoms with Crippen LogP contribution in [0.3, 0.4) is 0 Å². The molecule has 10 aliphatic rings. The van der Waals surface area contributed by atoms with Gasteiger partial charge in [0.05, 0.1) is 38.2 Å². The maximum atomic E-state index is 15.2. The summed E-state index contributed by atoms with van der Waals surface area (Å²) in [6.45, 7) is 4.52. The molecule has 4 fully saturated rings. The number of benzene rings is 8. The summed E-state index contributed by atoms with van der Waals surface area (Å²) in [6.07, 6.45) is 17.7. The van der Waals surface area contributed by atoms with Crippen LogP contribution in [0.25, 0.3) is 67.1 Å². The number of aliphatic imine (C=N–C) groups is 1. The van der Waals surface area contributed by atoms with Crippen LogP contribution in [0, 0.1) is 47.3 Å². The highest BCUT2D eigenvalue weighted by atomic mass is 16.5. The van der Waals surface area contributed by atoms with E-state index < -0.39 is 17.4 Å². The highest BCUT2D eigenvalue weighted by Gasteiger charge is 2.68. The topological polar surface area (TPSA) is 214 Å². The van der Waals surface area contributed by atoms with Crippen LogP contribution in [0.4, 0.5) is 11.5 Å². The zero-order valence-electron chi connectivity index (χ0n) is 59.0. The molecular weight excluding hydrogens is 1290 g/mol. The molecule has 11 bridgehead atoms. The van der Waals surface area contributed by atoms with Gasteiger partial charge in [-0.15, -0.1) is 0 Å². The minimum atomic E-state index is -0.885. The van der Waals surface area contributed by atoms with Gasteiger partial charge < -0.3 is 60.6 Å². The molecule has 2 aromatic heterocycles.